The summed E-state index contributed by atoms with van der Waals surface area (Å²) in [7, 11) is 0. The van der Waals surface area contributed by atoms with Crippen LogP contribution in [-0.2, 0) is 17.8 Å². The van der Waals surface area contributed by atoms with Crippen LogP contribution in [0, 0.1) is 17.2 Å². The number of carbonyl (C=O) groups is 1. The van der Waals surface area contributed by atoms with E-state index < -0.39 is 5.92 Å². The first kappa shape index (κ1) is 14.2. The highest BCUT2D eigenvalue weighted by molar-refractivity contribution is 5.89. The summed E-state index contributed by atoms with van der Waals surface area (Å²) in [5.74, 6) is 0.912. The molecule has 0 spiro atoms. The minimum atomic E-state index is -0.729. The van der Waals surface area contributed by atoms with Crippen LogP contribution in [0.1, 0.15) is 68.9 Å². The van der Waals surface area contributed by atoms with Crippen LogP contribution >= 0.6 is 0 Å². The molecule has 1 aliphatic carbocycles. The number of fused-ring (bicyclic) bond motifs is 1. The zero-order valence-corrected chi connectivity index (χ0v) is 12.4. The lowest BCUT2D eigenvalue weighted by atomic mass is 9.82. The predicted molar refractivity (Wildman–Crippen MR) is 77.5 cm³/mol. The number of aryl methyl sites for hydroxylation is 1. The average Bonchev–Trinajstić information content (AvgIpc) is 2.78. The van der Waals surface area contributed by atoms with Crippen molar-refractivity contribution < 1.29 is 4.79 Å². The molecule has 0 bridgehead atoms. The molecule has 1 fully saturated rings. The molecule has 0 unspecified atom stereocenters. The Balaban J connectivity index is 1.85. The van der Waals surface area contributed by atoms with Crippen LogP contribution in [0.15, 0.2) is 0 Å². The summed E-state index contributed by atoms with van der Waals surface area (Å²) >= 11 is 0. The van der Waals surface area contributed by atoms with Crippen molar-refractivity contribution >= 4 is 5.78 Å². The van der Waals surface area contributed by atoms with E-state index in [-0.39, 0.29) is 11.7 Å². The minimum absolute atomic E-state index is 0.0436. The molecule has 1 atom stereocenters. The van der Waals surface area contributed by atoms with Crippen molar-refractivity contribution in [3.63, 3.8) is 0 Å². The Morgan fingerprint density at radius 1 is 1.14 bits per heavy atom. The Morgan fingerprint density at radius 2 is 1.90 bits per heavy atom. The number of hydrogen-bond donors (Lipinski definition) is 0. The monoisotopic (exact) mass is 286 g/mol. The van der Waals surface area contributed by atoms with Gasteiger partial charge in [-0.3, -0.25) is 4.79 Å². The molecule has 1 aliphatic heterocycles. The van der Waals surface area contributed by atoms with E-state index in [9.17, 15) is 10.1 Å². The van der Waals surface area contributed by atoms with Crippen LogP contribution in [0.25, 0.3) is 0 Å². The van der Waals surface area contributed by atoms with Crippen LogP contribution < -0.4 is 0 Å². The van der Waals surface area contributed by atoms with Gasteiger partial charge in [0, 0.05) is 18.9 Å². The summed E-state index contributed by atoms with van der Waals surface area (Å²) in [6, 6.07) is 2.20. The smallest absolute Gasteiger partial charge is 0.165 e. The molecule has 112 valence electrons. The van der Waals surface area contributed by atoms with Gasteiger partial charge in [-0.1, -0.05) is 25.7 Å². The van der Waals surface area contributed by atoms with Crippen molar-refractivity contribution in [3.05, 3.63) is 11.6 Å². The molecular weight excluding hydrogens is 264 g/mol. The summed E-state index contributed by atoms with van der Waals surface area (Å²) < 4.78 is 2.03. The van der Waals surface area contributed by atoms with E-state index in [0.29, 0.717) is 5.82 Å². The number of hydrogen-bond acceptors (Lipinski definition) is 4. The molecule has 2 aliphatic rings. The molecule has 3 rings (SSSR count). The van der Waals surface area contributed by atoms with Crippen LogP contribution in [-0.4, -0.2) is 20.5 Å². The fourth-order valence-corrected chi connectivity index (χ4v) is 3.59. The van der Waals surface area contributed by atoms with Gasteiger partial charge in [0.2, 0.25) is 0 Å². The minimum Gasteiger partial charge on any atom is -0.313 e. The van der Waals surface area contributed by atoms with Crippen molar-refractivity contribution in [2.24, 2.45) is 5.92 Å². The fraction of sp³-hybridized carbons (Fsp3) is 0.750. The van der Waals surface area contributed by atoms with Crippen LogP contribution in [0.3, 0.4) is 0 Å². The number of rotatable bonds is 3. The predicted octanol–water partition coefficient (Wildman–Crippen LogP) is 2.76. The van der Waals surface area contributed by atoms with Crippen molar-refractivity contribution in [3.8, 4) is 6.07 Å². The zero-order valence-electron chi connectivity index (χ0n) is 12.4. The molecule has 1 saturated carbocycles. The summed E-state index contributed by atoms with van der Waals surface area (Å²) in [5, 5.41) is 17.9. The van der Waals surface area contributed by atoms with Gasteiger partial charge < -0.3 is 4.57 Å². The third-order valence-electron chi connectivity index (χ3n) is 4.82. The van der Waals surface area contributed by atoms with Gasteiger partial charge in [-0.25, -0.2) is 0 Å². The van der Waals surface area contributed by atoms with Crippen molar-refractivity contribution in [2.45, 2.75) is 70.3 Å². The Morgan fingerprint density at radius 3 is 2.67 bits per heavy atom. The number of nitrogens with zero attached hydrogens (tertiary/aromatic N) is 4. The second-order valence-corrected chi connectivity index (χ2v) is 6.24. The Labute approximate surface area is 125 Å². The van der Waals surface area contributed by atoms with Gasteiger partial charge in [0.1, 0.15) is 5.82 Å². The van der Waals surface area contributed by atoms with Crippen LogP contribution in [0.4, 0.5) is 0 Å². The van der Waals surface area contributed by atoms with E-state index in [1.807, 2.05) is 4.57 Å². The lowest BCUT2D eigenvalue weighted by molar-refractivity contribution is -0.124. The lowest BCUT2D eigenvalue weighted by Gasteiger charge is -2.22. The van der Waals surface area contributed by atoms with Crippen molar-refractivity contribution in [1.29, 1.82) is 5.26 Å². The number of nitriles is 1. The van der Waals surface area contributed by atoms with E-state index in [2.05, 4.69) is 16.3 Å². The Bertz CT molecular complexity index is 551. The molecule has 2 heterocycles. The second-order valence-electron chi connectivity index (χ2n) is 6.24. The maximum atomic E-state index is 12.7. The Kier molecular flexibility index (Phi) is 4.33. The average molecular weight is 286 g/mol. The van der Waals surface area contributed by atoms with Crippen molar-refractivity contribution in [2.75, 3.05) is 0 Å². The maximum absolute atomic E-state index is 12.7. The highest BCUT2D eigenvalue weighted by Gasteiger charge is 2.33. The van der Waals surface area contributed by atoms with Crippen molar-refractivity contribution in [1.82, 2.24) is 14.8 Å². The third kappa shape index (κ3) is 2.85. The normalized spacial score (nSPS) is 21.1. The highest BCUT2D eigenvalue weighted by Crippen LogP contribution is 2.30. The molecule has 0 saturated heterocycles. The first-order valence-electron chi connectivity index (χ1n) is 8.16. The quantitative estimate of drug-likeness (QED) is 0.856. The molecule has 21 heavy (non-hydrogen) atoms. The highest BCUT2D eigenvalue weighted by atomic mass is 16.1. The molecule has 1 aromatic heterocycles. The SMILES string of the molecule is N#C[C@H](C(=O)C1CCCCC1)c1nnc2n1CCCCC2. The summed E-state index contributed by atoms with van der Waals surface area (Å²) in [6.45, 7) is 0.841. The van der Waals surface area contributed by atoms with E-state index in [0.717, 1.165) is 57.3 Å². The maximum Gasteiger partial charge on any atom is 0.165 e. The van der Waals surface area contributed by atoms with Gasteiger partial charge in [0.25, 0.3) is 0 Å². The third-order valence-corrected chi connectivity index (χ3v) is 4.82. The van der Waals surface area contributed by atoms with Crippen LogP contribution in [0.5, 0.6) is 0 Å². The van der Waals surface area contributed by atoms with Gasteiger partial charge in [0.15, 0.2) is 17.5 Å². The van der Waals surface area contributed by atoms with Crippen LogP contribution in [0.2, 0.25) is 0 Å². The Hall–Kier alpha value is -1.70. The van der Waals surface area contributed by atoms with E-state index >= 15 is 0 Å². The molecule has 0 radical (unpaired) electrons. The lowest BCUT2D eigenvalue weighted by Crippen LogP contribution is -2.26. The summed E-state index contributed by atoms with van der Waals surface area (Å²) in [4.78, 5) is 12.7. The summed E-state index contributed by atoms with van der Waals surface area (Å²) in [6.07, 6.45) is 9.55. The molecule has 0 aromatic carbocycles. The fourth-order valence-electron chi connectivity index (χ4n) is 3.59. The van der Waals surface area contributed by atoms with Gasteiger partial charge in [0.05, 0.1) is 6.07 Å². The zero-order chi connectivity index (χ0) is 14.7. The van der Waals surface area contributed by atoms with Gasteiger partial charge in [-0.15, -0.1) is 10.2 Å². The van der Waals surface area contributed by atoms with E-state index in [4.69, 9.17) is 0 Å². The second kappa shape index (κ2) is 6.38. The van der Waals surface area contributed by atoms with Gasteiger partial charge in [-0.2, -0.15) is 5.26 Å². The standard InChI is InChI=1S/C16H22N4O/c17-11-13(15(21)12-7-3-1-4-8-12)16-19-18-14-9-5-2-6-10-20(14)16/h12-13H,1-10H2/t13-/m1/s1. The number of Topliss-reactive ketones (excluding diaryl/α,β-unsaturated/α-hetero) is 1. The van der Waals surface area contributed by atoms with E-state index in [1.54, 1.807) is 0 Å². The molecular formula is C16H22N4O. The molecule has 0 N–H and O–H groups in total. The molecule has 0 amide bonds. The van der Waals surface area contributed by atoms with Gasteiger partial charge in [-0.05, 0) is 25.7 Å². The summed E-state index contributed by atoms with van der Waals surface area (Å²) in [5.41, 5.74) is 0. The van der Waals surface area contributed by atoms with Gasteiger partial charge >= 0.3 is 0 Å². The number of carbonyl (C=O) groups excluding carboxylic acids is 1. The molecule has 5 heteroatoms. The first-order valence-corrected chi connectivity index (χ1v) is 8.16. The molecule has 5 nitrogen and oxygen atoms in total. The van der Waals surface area contributed by atoms with E-state index in [1.165, 1.54) is 12.8 Å². The first-order chi connectivity index (χ1) is 10.3. The topological polar surface area (TPSA) is 71.6 Å². The largest absolute Gasteiger partial charge is 0.313 e. The molecule has 1 aromatic rings. The number of aromatic nitrogens is 3. The number of ketones is 1.